The number of rotatable bonds is 7. The van der Waals surface area contributed by atoms with Gasteiger partial charge in [0.25, 0.3) is 10.0 Å². The number of nitrogens with one attached hydrogen (secondary N) is 2. The highest BCUT2D eigenvalue weighted by atomic mass is 35.5. The van der Waals surface area contributed by atoms with Gasteiger partial charge in [0.05, 0.1) is 12.6 Å². The van der Waals surface area contributed by atoms with Gasteiger partial charge in [0.1, 0.15) is 4.21 Å². The number of anilines is 1. The summed E-state index contributed by atoms with van der Waals surface area (Å²) in [6.45, 7) is 3.70. The highest BCUT2D eigenvalue weighted by molar-refractivity contribution is 7.91. The molecule has 0 saturated carbocycles. The fourth-order valence-corrected chi connectivity index (χ4v) is 5.39. The molecule has 11 heteroatoms. The maximum absolute atomic E-state index is 12.4. The number of amides is 2. The van der Waals surface area contributed by atoms with Crippen molar-refractivity contribution in [1.82, 2.24) is 14.9 Å². The van der Waals surface area contributed by atoms with Crippen LogP contribution in [0.3, 0.4) is 0 Å². The van der Waals surface area contributed by atoms with Crippen molar-refractivity contribution >= 4 is 50.5 Å². The lowest BCUT2D eigenvalue weighted by molar-refractivity contribution is -0.133. The molecule has 30 heavy (non-hydrogen) atoms. The minimum Gasteiger partial charge on any atom is -0.368 e. The van der Waals surface area contributed by atoms with Gasteiger partial charge < -0.3 is 15.1 Å². The Morgan fingerprint density at radius 2 is 1.80 bits per heavy atom. The van der Waals surface area contributed by atoms with Crippen LogP contribution in [0.15, 0.2) is 46.0 Å². The molecule has 0 radical (unpaired) electrons. The molecule has 2 aromatic rings. The fourth-order valence-electron chi connectivity index (χ4n) is 3.05. The van der Waals surface area contributed by atoms with Crippen LogP contribution in [0.25, 0.3) is 0 Å². The third-order valence-corrected chi connectivity index (χ3v) is 7.91. The van der Waals surface area contributed by atoms with Gasteiger partial charge in [-0.3, -0.25) is 9.59 Å². The summed E-state index contributed by atoms with van der Waals surface area (Å²) in [4.78, 5) is 28.5. The van der Waals surface area contributed by atoms with E-state index in [9.17, 15) is 18.0 Å². The van der Waals surface area contributed by atoms with Crippen molar-refractivity contribution in [2.24, 2.45) is 0 Å². The van der Waals surface area contributed by atoms with Gasteiger partial charge in [0.15, 0.2) is 0 Å². The molecule has 1 aromatic heterocycles. The second-order valence-corrected chi connectivity index (χ2v) is 10.2. The van der Waals surface area contributed by atoms with Gasteiger partial charge in [0, 0.05) is 36.9 Å². The summed E-state index contributed by atoms with van der Waals surface area (Å²) >= 11 is 6.98. The van der Waals surface area contributed by atoms with Crippen LogP contribution >= 0.6 is 22.9 Å². The predicted octanol–water partition coefficient (Wildman–Crippen LogP) is 1.53. The van der Waals surface area contributed by atoms with Gasteiger partial charge in [-0.05, 0) is 42.6 Å². The minimum atomic E-state index is -3.76. The van der Waals surface area contributed by atoms with Crippen LogP contribution in [-0.2, 0) is 19.6 Å². The summed E-state index contributed by atoms with van der Waals surface area (Å²) in [5, 5.41) is 4.83. The lowest BCUT2D eigenvalue weighted by Crippen LogP contribution is -2.52. The molecular weight excluding hydrogens is 448 g/mol. The van der Waals surface area contributed by atoms with Gasteiger partial charge in [-0.2, -0.15) is 4.72 Å². The molecule has 8 nitrogen and oxygen atoms in total. The third kappa shape index (κ3) is 5.72. The van der Waals surface area contributed by atoms with Crippen molar-refractivity contribution < 1.29 is 18.0 Å². The van der Waals surface area contributed by atoms with E-state index in [1.807, 2.05) is 24.3 Å². The van der Waals surface area contributed by atoms with Crippen molar-refractivity contribution in [1.29, 1.82) is 0 Å². The molecule has 0 spiro atoms. The van der Waals surface area contributed by atoms with Gasteiger partial charge in [-0.25, -0.2) is 8.42 Å². The molecule has 162 valence electrons. The van der Waals surface area contributed by atoms with Crippen LogP contribution in [0, 0.1) is 0 Å². The number of sulfonamides is 1. The van der Waals surface area contributed by atoms with Crippen LogP contribution in [0.1, 0.15) is 6.92 Å². The second-order valence-electron chi connectivity index (χ2n) is 6.84. The van der Waals surface area contributed by atoms with Gasteiger partial charge >= 0.3 is 0 Å². The highest BCUT2D eigenvalue weighted by Gasteiger charge is 2.25. The van der Waals surface area contributed by atoms with Crippen molar-refractivity contribution in [2.45, 2.75) is 17.2 Å². The first-order valence-corrected chi connectivity index (χ1v) is 12.1. The molecule has 1 saturated heterocycles. The summed E-state index contributed by atoms with van der Waals surface area (Å²) in [7, 11) is -3.76. The second kappa shape index (κ2) is 9.78. The number of hydrogen-bond donors (Lipinski definition) is 2. The first-order chi connectivity index (χ1) is 14.3. The Hall–Kier alpha value is -2.14. The van der Waals surface area contributed by atoms with E-state index in [1.165, 1.54) is 13.0 Å². The van der Waals surface area contributed by atoms with E-state index in [1.54, 1.807) is 16.3 Å². The topological polar surface area (TPSA) is 98.8 Å². The molecule has 1 atom stereocenters. The molecule has 3 rings (SSSR count). The molecule has 2 amide bonds. The standard InChI is InChI=1S/C19H23ClN4O4S2/c1-14(22-30(27,28)18-3-2-12-29-18)19(26)21-13-17(25)24-10-8-23(9-11-24)16-6-4-15(20)5-7-16/h2-7,12,14,22H,8-11,13H2,1H3,(H,21,26). The summed E-state index contributed by atoms with van der Waals surface area (Å²) in [6, 6.07) is 9.64. The van der Waals surface area contributed by atoms with Crippen LogP contribution in [0.5, 0.6) is 0 Å². The Kier molecular flexibility index (Phi) is 7.35. The van der Waals surface area contributed by atoms with Gasteiger partial charge in [-0.1, -0.05) is 17.7 Å². The number of piperazine rings is 1. The predicted molar refractivity (Wildman–Crippen MR) is 117 cm³/mol. The Morgan fingerprint density at radius 3 is 2.40 bits per heavy atom. The average Bonchev–Trinajstić information content (AvgIpc) is 3.28. The zero-order valence-electron chi connectivity index (χ0n) is 16.4. The van der Waals surface area contributed by atoms with Gasteiger partial charge in [0.2, 0.25) is 11.8 Å². The summed E-state index contributed by atoms with van der Waals surface area (Å²) in [5.41, 5.74) is 1.05. The molecule has 1 fully saturated rings. The van der Waals surface area contributed by atoms with Crippen molar-refractivity contribution in [3.05, 3.63) is 46.8 Å². The van der Waals surface area contributed by atoms with E-state index in [2.05, 4.69) is 14.9 Å². The summed E-state index contributed by atoms with van der Waals surface area (Å²) < 4.78 is 26.8. The molecule has 0 aliphatic carbocycles. The Morgan fingerprint density at radius 1 is 1.13 bits per heavy atom. The average molecular weight is 471 g/mol. The Labute approximate surface area is 184 Å². The van der Waals surface area contributed by atoms with Crippen LogP contribution < -0.4 is 14.9 Å². The largest absolute Gasteiger partial charge is 0.368 e. The van der Waals surface area contributed by atoms with Crippen LogP contribution in [0.4, 0.5) is 5.69 Å². The molecule has 2 N–H and O–H groups in total. The van der Waals surface area contributed by atoms with E-state index in [4.69, 9.17) is 11.6 Å². The third-order valence-electron chi connectivity index (χ3n) is 4.72. The molecule has 1 aromatic carbocycles. The highest BCUT2D eigenvalue weighted by Crippen LogP contribution is 2.19. The molecule has 0 bridgehead atoms. The summed E-state index contributed by atoms with van der Waals surface area (Å²) in [5.74, 6) is -0.754. The fraction of sp³-hybridized carbons (Fsp3) is 0.368. The number of nitrogens with zero attached hydrogens (tertiary/aromatic N) is 2. The number of hydrogen-bond acceptors (Lipinski definition) is 6. The normalized spacial score (nSPS) is 15.7. The summed E-state index contributed by atoms with van der Waals surface area (Å²) in [6.07, 6.45) is 0. The Balaban J connectivity index is 1.44. The van der Waals surface area contributed by atoms with E-state index >= 15 is 0 Å². The minimum absolute atomic E-state index is 0.136. The molecule has 1 unspecified atom stereocenters. The number of thiophene rings is 1. The molecule has 1 aliphatic heterocycles. The van der Waals surface area contributed by atoms with Crippen molar-refractivity contribution in [3.8, 4) is 0 Å². The zero-order chi connectivity index (χ0) is 21.7. The maximum Gasteiger partial charge on any atom is 0.250 e. The Bertz CT molecular complexity index is 972. The van der Waals surface area contributed by atoms with E-state index in [0.717, 1.165) is 17.0 Å². The van der Waals surface area contributed by atoms with Crippen LogP contribution in [0.2, 0.25) is 5.02 Å². The van der Waals surface area contributed by atoms with E-state index < -0.39 is 22.0 Å². The quantitative estimate of drug-likeness (QED) is 0.639. The number of carbonyl (C=O) groups excluding carboxylic acids is 2. The lowest BCUT2D eigenvalue weighted by Gasteiger charge is -2.36. The number of halogens is 1. The van der Waals surface area contributed by atoms with E-state index in [0.29, 0.717) is 31.2 Å². The number of carbonyl (C=O) groups is 2. The SMILES string of the molecule is CC(NS(=O)(=O)c1cccs1)C(=O)NCC(=O)N1CCN(c2ccc(Cl)cc2)CC1. The lowest BCUT2D eigenvalue weighted by atomic mass is 10.2. The van der Waals surface area contributed by atoms with Crippen LogP contribution in [-0.4, -0.2) is 63.9 Å². The molecule has 2 heterocycles. The smallest absolute Gasteiger partial charge is 0.250 e. The zero-order valence-corrected chi connectivity index (χ0v) is 18.8. The molecule has 1 aliphatic rings. The first kappa shape index (κ1) is 22.5. The van der Waals surface area contributed by atoms with Crippen molar-refractivity contribution in [3.63, 3.8) is 0 Å². The van der Waals surface area contributed by atoms with Gasteiger partial charge in [-0.15, -0.1) is 11.3 Å². The maximum atomic E-state index is 12.4. The van der Waals surface area contributed by atoms with E-state index in [-0.39, 0.29) is 16.7 Å². The number of benzene rings is 1. The monoisotopic (exact) mass is 470 g/mol. The van der Waals surface area contributed by atoms with Crippen molar-refractivity contribution in [2.75, 3.05) is 37.6 Å². The molecular formula is C19H23ClN4O4S2. The first-order valence-electron chi connectivity index (χ1n) is 9.38.